The number of nitrogens with zero attached hydrogens (tertiary/aromatic N) is 2. The summed E-state index contributed by atoms with van der Waals surface area (Å²) in [6.07, 6.45) is 5.07. The molecule has 1 saturated heterocycles. The number of nitrogens with one attached hydrogen (secondary N) is 1. The molecule has 0 unspecified atom stereocenters. The van der Waals surface area contributed by atoms with Crippen LogP contribution in [-0.2, 0) is 29.7 Å². The Hall–Kier alpha value is -3.16. The number of piperidine rings is 1. The maximum Gasteiger partial charge on any atom is 0.251 e. The average Bonchev–Trinajstić information content (AvgIpc) is 2.86. The van der Waals surface area contributed by atoms with Crippen LogP contribution in [0.5, 0.6) is 0 Å². The van der Waals surface area contributed by atoms with Crippen molar-refractivity contribution in [2.24, 2.45) is 0 Å². The van der Waals surface area contributed by atoms with Crippen molar-refractivity contribution in [2.75, 3.05) is 23.7 Å². The van der Waals surface area contributed by atoms with Gasteiger partial charge in [0.15, 0.2) is 0 Å². The van der Waals surface area contributed by atoms with Crippen LogP contribution in [0.4, 0.5) is 5.69 Å². The first-order valence-corrected chi connectivity index (χ1v) is 14.3. The van der Waals surface area contributed by atoms with Gasteiger partial charge in [-0.2, -0.15) is 0 Å². The van der Waals surface area contributed by atoms with E-state index in [2.05, 4.69) is 28.4 Å². The van der Waals surface area contributed by atoms with Crippen LogP contribution in [0, 0.1) is 6.92 Å². The summed E-state index contributed by atoms with van der Waals surface area (Å²) in [7, 11) is -3.46. The second-order valence-corrected chi connectivity index (χ2v) is 11.6. The molecule has 0 spiro atoms. The summed E-state index contributed by atoms with van der Waals surface area (Å²) in [5.74, 6) is -0.151. The maximum absolute atomic E-state index is 12.7. The van der Waals surface area contributed by atoms with Crippen molar-refractivity contribution < 1.29 is 13.2 Å². The quantitative estimate of drug-likeness (QED) is 0.450. The van der Waals surface area contributed by atoms with E-state index in [9.17, 15) is 13.2 Å². The number of rotatable bonds is 9. The third kappa shape index (κ3) is 7.18. The molecule has 0 bridgehead atoms. The highest BCUT2D eigenvalue weighted by atomic mass is 32.2. The van der Waals surface area contributed by atoms with Crippen LogP contribution in [0.15, 0.2) is 72.8 Å². The van der Waals surface area contributed by atoms with E-state index < -0.39 is 10.0 Å². The van der Waals surface area contributed by atoms with E-state index in [0.29, 0.717) is 17.8 Å². The zero-order valence-electron chi connectivity index (χ0n) is 21.1. The van der Waals surface area contributed by atoms with Crippen molar-refractivity contribution in [1.29, 1.82) is 0 Å². The standard InChI is InChI=1S/C29H35N3O3S/c1-23-8-6-11-28(18-23)32(36(2,34)35)22-24-12-14-27(15-13-24)29(33)30-20-25-9-7-10-26(19-25)21-31-16-4-3-5-17-31/h6-15,18-19H,3-5,16-17,20-22H2,1-2H3,(H,30,33). The number of anilines is 1. The van der Waals surface area contributed by atoms with Crippen LogP contribution in [0.25, 0.3) is 0 Å². The van der Waals surface area contributed by atoms with Crippen LogP contribution in [0.3, 0.4) is 0 Å². The molecule has 6 nitrogen and oxygen atoms in total. The Kier molecular flexibility index (Phi) is 8.44. The predicted molar refractivity (Wildman–Crippen MR) is 145 cm³/mol. The number of likely N-dealkylation sites (tertiary alicyclic amines) is 1. The molecule has 0 atom stereocenters. The van der Waals surface area contributed by atoms with Crippen molar-refractivity contribution in [3.8, 4) is 0 Å². The van der Waals surface area contributed by atoms with Gasteiger partial charge in [-0.25, -0.2) is 8.42 Å². The Morgan fingerprint density at radius 3 is 2.28 bits per heavy atom. The second kappa shape index (κ2) is 11.7. The molecule has 4 rings (SSSR count). The molecule has 36 heavy (non-hydrogen) atoms. The summed E-state index contributed by atoms with van der Waals surface area (Å²) >= 11 is 0. The first kappa shape index (κ1) is 25.9. The lowest BCUT2D eigenvalue weighted by Crippen LogP contribution is -2.29. The van der Waals surface area contributed by atoms with Gasteiger partial charge in [-0.3, -0.25) is 14.0 Å². The summed E-state index contributed by atoms with van der Waals surface area (Å²) < 4.78 is 26.3. The summed E-state index contributed by atoms with van der Waals surface area (Å²) in [4.78, 5) is 15.2. The number of aryl methyl sites for hydroxylation is 1. The number of hydrogen-bond donors (Lipinski definition) is 1. The molecule has 190 valence electrons. The topological polar surface area (TPSA) is 69.7 Å². The van der Waals surface area contributed by atoms with Crippen molar-refractivity contribution in [3.05, 3.63) is 101 Å². The van der Waals surface area contributed by atoms with Crippen LogP contribution < -0.4 is 9.62 Å². The largest absolute Gasteiger partial charge is 0.348 e. The number of benzene rings is 3. The zero-order chi connectivity index (χ0) is 25.5. The Balaban J connectivity index is 1.36. The fraction of sp³-hybridized carbons (Fsp3) is 0.345. The summed E-state index contributed by atoms with van der Waals surface area (Å²) in [5.41, 5.74) is 5.33. The highest BCUT2D eigenvalue weighted by molar-refractivity contribution is 7.92. The molecule has 1 aliphatic heterocycles. The minimum atomic E-state index is -3.46. The molecule has 0 radical (unpaired) electrons. The second-order valence-electron chi connectivity index (χ2n) is 9.64. The maximum atomic E-state index is 12.7. The van der Waals surface area contributed by atoms with E-state index in [1.54, 1.807) is 18.2 Å². The normalized spacial score (nSPS) is 14.4. The number of amides is 1. The third-order valence-electron chi connectivity index (χ3n) is 6.53. The van der Waals surface area contributed by atoms with E-state index in [1.807, 2.05) is 43.3 Å². The summed E-state index contributed by atoms with van der Waals surface area (Å²) in [5, 5.41) is 3.00. The highest BCUT2D eigenvalue weighted by Gasteiger charge is 2.18. The van der Waals surface area contributed by atoms with E-state index >= 15 is 0 Å². The number of carbonyl (C=O) groups is 1. The number of hydrogen-bond acceptors (Lipinski definition) is 4. The SMILES string of the molecule is Cc1cccc(N(Cc2ccc(C(=O)NCc3cccc(CN4CCCCC4)c3)cc2)S(C)(=O)=O)c1. The average molecular weight is 506 g/mol. The third-order valence-corrected chi connectivity index (χ3v) is 7.67. The van der Waals surface area contributed by atoms with Gasteiger partial charge in [0.2, 0.25) is 10.0 Å². The molecule has 3 aromatic carbocycles. The summed E-state index contributed by atoms with van der Waals surface area (Å²) in [6, 6.07) is 22.9. The van der Waals surface area contributed by atoms with E-state index in [4.69, 9.17) is 0 Å². The molecule has 1 aliphatic rings. The van der Waals surface area contributed by atoms with Gasteiger partial charge in [0.05, 0.1) is 18.5 Å². The van der Waals surface area contributed by atoms with E-state index in [0.717, 1.165) is 36.3 Å². The van der Waals surface area contributed by atoms with Gasteiger partial charge in [-0.05, 0) is 79.4 Å². The fourth-order valence-electron chi connectivity index (χ4n) is 4.61. The predicted octanol–water partition coefficient (Wildman–Crippen LogP) is 4.88. The molecule has 1 N–H and O–H groups in total. The Morgan fingerprint density at radius 2 is 1.58 bits per heavy atom. The minimum Gasteiger partial charge on any atom is -0.348 e. The van der Waals surface area contributed by atoms with Crippen LogP contribution in [-0.4, -0.2) is 38.6 Å². The molecule has 0 saturated carbocycles. The lowest BCUT2D eigenvalue weighted by molar-refractivity contribution is 0.0951. The van der Waals surface area contributed by atoms with Gasteiger partial charge in [-0.15, -0.1) is 0 Å². The minimum absolute atomic E-state index is 0.151. The zero-order valence-corrected chi connectivity index (χ0v) is 21.9. The molecule has 7 heteroatoms. The molecule has 1 fully saturated rings. The smallest absolute Gasteiger partial charge is 0.251 e. The van der Waals surface area contributed by atoms with Gasteiger partial charge in [0, 0.05) is 18.7 Å². The Morgan fingerprint density at radius 1 is 0.889 bits per heavy atom. The monoisotopic (exact) mass is 505 g/mol. The lowest BCUT2D eigenvalue weighted by Gasteiger charge is -2.26. The van der Waals surface area contributed by atoms with E-state index in [1.165, 1.54) is 35.4 Å². The van der Waals surface area contributed by atoms with E-state index in [-0.39, 0.29) is 12.5 Å². The van der Waals surface area contributed by atoms with Crippen LogP contribution in [0.2, 0.25) is 0 Å². The Bertz CT molecular complexity index is 1280. The number of sulfonamides is 1. The van der Waals surface area contributed by atoms with Gasteiger partial charge >= 0.3 is 0 Å². The highest BCUT2D eigenvalue weighted by Crippen LogP contribution is 2.22. The van der Waals surface area contributed by atoms with Crippen LogP contribution >= 0.6 is 0 Å². The first-order chi connectivity index (χ1) is 17.3. The van der Waals surface area contributed by atoms with Crippen LogP contribution in [0.1, 0.15) is 51.9 Å². The van der Waals surface area contributed by atoms with Crippen molar-refractivity contribution in [3.63, 3.8) is 0 Å². The van der Waals surface area contributed by atoms with Crippen molar-refractivity contribution in [2.45, 2.75) is 45.8 Å². The van der Waals surface area contributed by atoms with Gasteiger partial charge < -0.3 is 5.32 Å². The molecule has 0 aliphatic carbocycles. The van der Waals surface area contributed by atoms with Crippen molar-refractivity contribution in [1.82, 2.24) is 10.2 Å². The molecule has 1 amide bonds. The molecular weight excluding hydrogens is 470 g/mol. The molecule has 0 aromatic heterocycles. The first-order valence-electron chi connectivity index (χ1n) is 12.5. The van der Waals surface area contributed by atoms with Crippen molar-refractivity contribution >= 4 is 21.6 Å². The molecule has 1 heterocycles. The van der Waals surface area contributed by atoms with Gasteiger partial charge in [0.1, 0.15) is 0 Å². The lowest BCUT2D eigenvalue weighted by atomic mass is 10.1. The molecular formula is C29H35N3O3S. The Labute approximate surface area is 215 Å². The van der Waals surface area contributed by atoms with Gasteiger partial charge in [-0.1, -0.05) is 55.0 Å². The molecule has 3 aromatic rings. The fourth-order valence-corrected chi connectivity index (χ4v) is 5.49. The van der Waals surface area contributed by atoms with Gasteiger partial charge in [0.25, 0.3) is 5.91 Å². The number of carbonyl (C=O) groups excluding carboxylic acids is 1. The summed E-state index contributed by atoms with van der Waals surface area (Å²) in [6.45, 7) is 5.87.